The van der Waals surface area contributed by atoms with Gasteiger partial charge in [-0.25, -0.2) is 0 Å². The molecule has 2 aromatic rings. The number of nitrogens with zero attached hydrogens (tertiary/aromatic N) is 2. The minimum Gasteiger partial charge on any atom is -0.192 e. The van der Waals surface area contributed by atoms with Gasteiger partial charge in [-0.1, -0.05) is 0 Å². The summed E-state index contributed by atoms with van der Waals surface area (Å²) < 4.78 is 0. The molecule has 0 aliphatic carbocycles. The van der Waals surface area contributed by atoms with Crippen LogP contribution >= 0.6 is 34.4 Å². The van der Waals surface area contributed by atoms with Crippen LogP contribution < -0.4 is 0 Å². The molecule has 3 heterocycles. The number of hydrogen-bond donors (Lipinski definition) is 0. The van der Waals surface area contributed by atoms with E-state index in [-0.39, 0.29) is 0 Å². The van der Waals surface area contributed by atoms with Crippen molar-refractivity contribution < 1.29 is 0 Å². The normalized spacial score (nSPS) is 14.3. The van der Waals surface area contributed by atoms with Gasteiger partial charge in [0.15, 0.2) is 0 Å². The van der Waals surface area contributed by atoms with E-state index in [0.29, 0.717) is 0 Å². The van der Waals surface area contributed by atoms with Crippen LogP contribution in [0.2, 0.25) is 0 Å². The third kappa shape index (κ3) is 2.53. The summed E-state index contributed by atoms with van der Waals surface area (Å²) >= 11 is 5.02. The average molecular weight is 328 g/mol. The van der Waals surface area contributed by atoms with Gasteiger partial charge in [-0.3, -0.25) is 0 Å². The minimum atomic E-state index is 0.769. The Morgan fingerprint density at radius 3 is 1.62 bits per heavy atom. The first-order chi connectivity index (χ1) is 10.1. The van der Waals surface area contributed by atoms with Crippen LogP contribution in [0.25, 0.3) is 11.1 Å². The lowest BCUT2D eigenvalue weighted by Gasteiger charge is -2.06. The van der Waals surface area contributed by atoms with Crippen molar-refractivity contribution in [1.82, 2.24) is 0 Å². The molecule has 104 valence electrons. The fourth-order valence-electron chi connectivity index (χ4n) is 2.58. The van der Waals surface area contributed by atoms with E-state index in [0.717, 1.165) is 21.3 Å². The second-order valence-electron chi connectivity index (χ2n) is 4.83. The zero-order valence-electron chi connectivity index (χ0n) is 11.7. The lowest BCUT2D eigenvalue weighted by molar-refractivity contribution is 1.49. The summed E-state index contributed by atoms with van der Waals surface area (Å²) in [5.74, 6) is 1.96. The van der Waals surface area contributed by atoms with Gasteiger partial charge in [0, 0.05) is 21.3 Å². The fourth-order valence-corrected chi connectivity index (χ4v) is 5.44. The molecule has 0 saturated heterocycles. The third-order valence-electron chi connectivity index (χ3n) is 3.56. The molecule has 0 N–H and O–H groups in total. The van der Waals surface area contributed by atoms with Crippen LogP contribution in [-0.2, 0) is 0 Å². The lowest BCUT2D eigenvalue weighted by atomic mass is 9.97. The number of rotatable bonds is 2. The molecule has 0 fully saturated rings. The van der Waals surface area contributed by atoms with Crippen LogP contribution in [0.15, 0.2) is 12.1 Å². The molecule has 0 amide bonds. The highest BCUT2D eigenvalue weighted by atomic mass is 32.2. The van der Waals surface area contributed by atoms with E-state index < -0.39 is 0 Å². The van der Waals surface area contributed by atoms with E-state index in [1.54, 1.807) is 22.7 Å². The van der Waals surface area contributed by atoms with E-state index in [1.807, 2.05) is 23.9 Å². The third-order valence-corrected chi connectivity index (χ3v) is 6.46. The summed E-state index contributed by atoms with van der Waals surface area (Å²) in [7, 11) is 0. The minimum absolute atomic E-state index is 0.769. The van der Waals surface area contributed by atoms with Gasteiger partial charge in [0.05, 0.1) is 0 Å². The summed E-state index contributed by atoms with van der Waals surface area (Å²) in [5, 5.41) is 18.2. The van der Waals surface area contributed by atoms with Crippen molar-refractivity contribution in [3.05, 3.63) is 42.8 Å². The molecule has 0 atom stereocenters. The Balaban J connectivity index is 2.15. The van der Waals surface area contributed by atoms with Crippen LogP contribution in [0.1, 0.15) is 30.6 Å². The molecular weight excluding hydrogens is 316 g/mol. The highest BCUT2D eigenvalue weighted by Crippen LogP contribution is 2.43. The maximum Gasteiger partial charge on any atom is 0.110 e. The first-order valence-electron chi connectivity index (χ1n) is 6.45. The number of hydrogen-bond acceptors (Lipinski definition) is 5. The Morgan fingerprint density at radius 1 is 0.857 bits per heavy atom. The largest absolute Gasteiger partial charge is 0.192 e. The van der Waals surface area contributed by atoms with Gasteiger partial charge in [-0.05, 0) is 48.3 Å². The molecule has 21 heavy (non-hydrogen) atoms. The van der Waals surface area contributed by atoms with Crippen LogP contribution in [0.5, 0.6) is 0 Å². The molecule has 2 aromatic heterocycles. The van der Waals surface area contributed by atoms with E-state index in [4.69, 9.17) is 10.5 Å². The number of aryl methyl sites for hydroxylation is 2. The zero-order valence-corrected chi connectivity index (χ0v) is 14.1. The van der Waals surface area contributed by atoms with Gasteiger partial charge in [0.2, 0.25) is 0 Å². The predicted octanol–water partition coefficient (Wildman–Crippen LogP) is 4.83. The maximum absolute atomic E-state index is 9.09. The molecule has 0 spiro atoms. The molecule has 3 rings (SSSR count). The number of thiophene rings is 2. The fraction of sp³-hybridized carbons (Fsp3) is 0.250. The topological polar surface area (TPSA) is 47.6 Å². The van der Waals surface area contributed by atoms with Gasteiger partial charge in [-0.15, -0.1) is 22.7 Å². The Bertz CT molecular complexity index is 757. The van der Waals surface area contributed by atoms with Crippen molar-refractivity contribution >= 4 is 45.6 Å². The summed E-state index contributed by atoms with van der Waals surface area (Å²) in [4.78, 5) is 3.95. The molecule has 0 radical (unpaired) electrons. The summed E-state index contributed by atoms with van der Waals surface area (Å²) in [5.41, 5.74) is 5.09. The van der Waals surface area contributed by atoms with E-state index >= 15 is 0 Å². The van der Waals surface area contributed by atoms with Gasteiger partial charge in [0.25, 0.3) is 0 Å². The Morgan fingerprint density at radius 2 is 1.29 bits per heavy atom. The van der Waals surface area contributed by atoms with Gasteiger partial charge < -0.3 is 0 Å². The summed E-state index contributed by atoms with van der Waals surface area (Å²) in [6.45, 7) is 4.16. The molecule has 0 bridgehead atoms. The molecule has 0 unspecified atom stereocenters. The van der Waals surface area contributed by atoms with Crippen LogP contribution in [0, 0.1) is 36.5 Å². The molecule has 0 aromatic carbocycles. The first kappa shape index (κ1) is 14.4. The Labute approximate surface area is 136 Å². The first-order valence-corrected chi connectivity index (χ1v) is 9.24. The summed E-state index contributed by atoms with van der Waals surface area (Å²) in [6, 6.07) is 8.49. The van der Waals surface area contributed by atoms with Crippen molar-refractivity contribution in [2.75, 3.05) is 11.5 Å². The summed E-state index contributed by atoms with van der Waals surface area (Å²) in [6.07, 6.45) is 0. The van der Waals surface area contributed by atoms with Crippen molar-refractivity contribution in [3.8, 4) is 12.1 Å². The van der Waals surface area contributed by atoms with Crippen LogP contribution in [0.3, 0.4) is 0 Å². The van der Waals surface area contributed by atoms with Crippen LogP contribution in [-0.4, -0.2) is 11.5 Å². The van der Waals surface area contributed by atoms with E-state index in [9.17, 15) is 0 Å². The van der Waals surface area contributed by atoms with E-state index in [1.165, 1.54) is 32.0 Å². The van der Waals surface area contributed by atoms with Crippen molar-refractivity contribution in [3.63, 3.8) is 0 Å². The second kappa shape index (κ2) is 5.69. The predicted molar refractivity (Wildman–Crippen MR) is 91.7 cm³/mol. The van der Waals surface area contributed by atoms with Crippen molar-refractivity contribution in [2.24, 2.45) is 0 Å². The number of nitriles is 2. The van der Waals surface area contributed by atoms with Gasteiger partial charge >= 0.3 is 0 Å². The molecule has 1 aliphatic heterocycles. The SMILES string of the molecule is Cc1sc(C#N)cc1C1=C(c2cc(C#N)sc2C)CSC1. The number of thioether (sulfide) groups is 1. The zero-order chi connectivity index (χ0) is 15.0. The highest BCUT2D eigenvalue weighted by molar-refractivity contribution is 8.00. The smallest absolute Gasteiger partial charge is 0.110 e. The standard InChI is InChI=1S/C16H12N2S3/c1-9-13(3-11(5-17)20-9)15-7-19-8-16(15)14-4-12(6-18)21-10(14)2/h3-4H,7-8H2,1-2H3. The van der Waals surface area contributed by atoms with Gasteiger partial charge in [-0.2, -0.15) is 22.3 Å². The molecule has 0 saturated carbocycles. The molecular formula is C16H12N2S3. The highest BCUT2D eigenvalue weighted by Gasteiger charge is 2.23. The van der Waals surface area contributed by atoms with Gasteiger partial charge in [0.1, 0.15) is 21.9 Å². The molecule has 5 heteroatoms. The average Bonchev–Trinajstić information content (AvgIpc) is 3.16. The maximum atomic E-state index is 9.09. The van der Waals surface area contributed by atoms with E-state index in [2.05, 4.69) is 26.0 Å². The van der Waals surface area contributed by atoms with Crippen LogP contribution in [0.4, 0.5) is 0 Å². The molecule has 2 nitrogen and oxygen atoms in total. The second-order valence-corrected chi connectivity index (χ2v) is 8.33. The Hall–Kier alpha value is -1.53. The lowest BCUT2D eigenvalue weighted by Crippen LogP contribution is -1.90. The van der Waals surface area contributed by atoms with Crippen molar-refractivity contribution in [1.29, 1.82) is 10.5 Å². The Kier molecular flexibility index (Phi) is 3.91. The quantitative estimate of drug-likeness (QED) is 0.793. The van der Waals surface area contributed by atoms with Crippen molar-refractivity contribution in [2.45, 2.75) is 13.8 Å². The molecule has 1 aliphatic rings. The monoisotopic (exact) mass is 328 g/mol.